The van der Waals surface area contributed by atoms with E-state index in [1.807, 2.05) is 78.3 Å². The number of imidazole rings is 1. The van der Waals surface area contributed by atoms with Gasteiger partial charge >= 0.3 is 12.1 Å². The fourth-order valence-corrected chi connectivity index (χ4v) is 9.73. The third-order valence-corrected chi connectivity index (χ3v) is 13.5. The summed E-state index contributed by atoms with van der Waals surface area (Å²) in [6, 6.07) is 3.17. The van der Waals surface area contributed by atoms with E-state index < -0.39 is 71.5 Å². The summed E-state index contributed by atoms with van der Waals surface area (Å²) in [5.41, 5.74) is 0.265. The highest BCUT2D eigenvalue weighted by molar-refractivity contribution is 6.00. The number of aliphatic hydroxyl groups excluding tert-OH is 1. The number of Topliss-reactive ketones (excluding diaryl/α,β-unsaturated/α-hetero) is 1. The van der Waals surface area contributed by atoms with Gasteiger partial charge in [0.15, 0.2) is 17.7 Å². The lowest BCUT2D eigenvalue weighted by atomic mass is 9.72. The number of aromatic nitrogens is 3. The number of ketones is 1. The van der Waals surface area contributed by atoms with Crippen molar-refractivity contribution in [2.45, 2.75) is 154 Å². The highest BCUT2D eigenvalue weighted by Crippen LogP contribution is 2.45. The standard InChI is InChI=1S/C45H69N5O9/c1-14-36-45(10)39(50(43(54)59-45)20-16-17-27(3)49-24-34(47-25-49)33-18-15-19-46-23-33)30(6)29(5)26(2)22-44(9,55-13)40(31(7)37(51)32(8)41(53)57-36)58-42-38(52)35(48(11)12)21-28(4)56-42/h15,18-19,23-28,30-32,35-36,38-40,42,52H,5,14,16-17,20-22H2,1-4,6-13H3/t26?,27?,28?,30?,31?,32?,35?,36-,38?,39?,40?,42?,44?,45?/m1/s1. The average molecular weight is 824 g/mol. The van der Waals surface area contributed by atoms with E-state index in [9.17, 15) is 19.5 Å². The number of hydrogen-bond donors (Lipinski definition) is 1. The van der Waals surface area contributed by atoms with Crippen LogP contribution in [-0.4, -0.2) is 129 Å². The van der Waals surface area contributed by atoms with Crippen LogP contribution in [0.25, 0.3) is 11.3 Å². The van der Waals surface area contributed by atoms with Gasteiger partial charge in [0.25, 0.3) is 0 Å². The normalized spacial score (nSPS) is 36.8. The Morgan fingerprint density at radius 2 is 1.83 bits per heavy atom. The lowest BCUT2D eigenvalue weighted by Crippen LogP contribution is -2.59. The first kappa shape index (κ1) is 46.4. The van der Waals surface area contributed by atoms with Gasteiger partial charge in [-0.15, -0.1) is 0 Å². The lowest BCUT2D eigenvalue weighted by Gasteiger charge is -2.47. The second-order valence-corrected chi connectivity index (χ2v) is 18.0. The minimum Gasteiger partial charge on any atom is -0.458 e. The molecule has 0 aromatic carbocycles. The van der Waals surface area contributed by atoms with Gasteiger partial charge in [0.1, 0.15) is 18.1 Å². The Kier molecular flexibility index (Phi) is 14.9. The number of aliphatic hydroxyl groups is 1. The van der Waals surface area contributed by atoms with Gasteiger partial charge in [-0.1, -0.05) is 39.8 Å². The fraction of sp³-hybridized carbons (Fsp3) is 0.711. The van der Waals surface area contributed by atoms with E-state index in [1.165, 1.54) is 6.92 Å². The molecule has 5 heterocycles. The molecular weight excluding hydrogens is 755 g/mol. The van der Waals surface area contributed by atoms with Crippen molar-refractivity contribution >= 4 is 17.8 Å². The monoisotopic (exact) mass is 824 g/mol. The minimum atomic E-state index is -1.25. The summed E-state index contributed by atoms with van der Waals surface area (Å²) in [6.45, 7) is 22.1. The lowest BCUT2D eigenvalue weighted by molar-refractivity contribution is -0.295. The van der Waals surface area contributed by atoms with Crippen LogP contribution in [0.15, 0.2) is 49.2 Å². The fourth-order valence-electron chi connectivity index (χ4n) is 9.73. The SMILES string of the molecule is C=C1C(C)CC(C)(OC)C(OC2OC(C)CC(N(C)C)C2O)C(C)C(=O)C(C)C(=O)O[C@H](CC)C2(C)OC(=O)N(CCCC(C)n3cnc(-c4cccnc4)c3)C2C1C. The van der Waals surface area contributed by atoms with Gasteiger partial charge in [-0.25, -0.2) is 9.78 Å². The van der Waals surface area contributed by atoms with Crippen molar-refractivity contribution in [1.29, 1.82) is 0 Å². The molecule has 13 unspecified atom stereocenters. The third kappa shape index (κ3) is 9.62. The Bertz CT molecular complexity index is 1770. The van der Waals surface area contributed by atoms with E-state index in [4.69, 9.17) is 23.7 Å². The molecule has 1 N–H and O–H groups in total. The van der Waals surface area contributed by atoms with Gasteiger partial charge in [0.2, 0.25) is 0 Å². The molecule has 3 saturated heterocycles. The van der Waals surface area contributed by atoms with Gasteiger partial charge in [0, 0.05) is 61.7 Å². The Labute approximate surface area is 351 Å². The first-order valence-corrected chi connectivity index (χ1v) is 21.3. The molecule has 2 aromatic rings. The zero-order valence-electron chi connectivity index (χ0n) is 37.3. The van der Waals surface area contributed by atoms with E-state index >= 15 is 0 Å². The van der Waals surface area contributed by atoms with E-state index in [-0.39, 0.29) is 30.0 Å². The highest BCUT2D eigenvalue weighted by atomic mass is 16.7. The van der Waals surface area contributed by atoms with Gasteiger partial charge < -0.3 is 43.2 Å². The van der Waals surface area contributed by atoms with E-state index in [1.54, 1.807) is 31.3 Å². The molecule has 14 atom stereocenters. The molecule has 328 valence electrons. The summed E-state index contributed by atoms with van der Waals surface area (Å²) in [7, 11) is 5.38. The Morgan fingerprint density at radius 3 is 2.46 bits per heavy atom. The molecule has 0 spiro atoms. The number of pyridine rings is 1. The number of ether oxygens (including phenoxy) is 5. The smallest absolute Gasteiger partial charge is 0.410 e. The maximum absolute atomic E-state index is 14.4. The molecule has 3 aliphatic rings. The molecule has 0 bridgehead atoms. The van der Waals surface area contributed by atoms with Crippen molar-refractivity contribution in [3.63, 3.8) is 0 Å². The number of likely N-dealkylation sites (N-methyl/N-ethyl adjacent to an activating group) is 1. The molecule has 0 aliphatic carbocycles. The average Bonchev–Trinajstić information content (AvgIpc) is 3.81. The number of rotatable bonds is 11. The number of cyclic esters (lactones) is 1. The molecule has 14 heteroatoms. The minimum absolute atomic E-state index is 0.0964. The van der Waals surface area contributed by atoms with Crippen LogP contribution in [-0.2, 0) is 33.3 Å². The zero-order chi connectivity index (χ0) is 43.6. The number of carbonyl (C=O) groups is 3. The van der Waals surface area contributed by atoms with Crippen LogP contribution in [0, 0.1) is 23.7 Å². The van der Waals surface area contributed by atoms with Crippen LogP contribution in [0.3, 0.4) is 0 Å². The van der Waals surface area contributed by atoms with Crippen molar-refractivity contribution in [3.05, 3.63) is 49.2 Å². The van der Waals surface area contributed by atoms with Gasteiger partial charge in [-0.05, 0) is 98.9 Å². The van der Waals surface area contributed by atoms with Crippen molar-refractivity contribution in [3.8, 4) is 11.3 Å². The van der Waals surface area contributed by atoms with Crippen LogP contribution >= 0.6 is 0 Å². The number of esters is 1. The summed E-state index contributed by atoms with van der Waals surface area (Å²) in [5.74, 6) is -3.68. The summed E-state index contributed by atoms with van der Waals surface area (Å²) in [4.78, 5) is 55.0. The summed E-state index contributed by atoms with van der Waals surface area (Å²) in [5, 5.41) is 11.5. The topological polar surface area (TPSA) is 155 Å². The van der Waals surface area contributed by atoms with Crippen LogP contribution < -0.4 is 0 Å². The van der Waals surface area contributed by atoms with E-state index in [0.29, 0.717) is 32.2 Å². The van der Waals surface area contributed by atoms with Gasteiger partial charge in [-0.2, -0.15) is 0 Å². The first-order valence-electron chi connectivity index (χ1n) is 21.3. The molecular formula is C45H69N5O9. The Hall–Kier alpha value is -3.69. The Balaban J connectivity index is 1.45. The summed E-state index contributed by atoms with van der Waals surface area (Å²) < 4.78 is 33.8. The molecule has 5 rings (SSSR count). The molecule has 3 fully saturated rings. The predicted molar refractivity (Wildman–Crippen MR) is 223 cm³/mol. The van der Waals surface area contributed by atoms with Crippen molar-refractivity contribution < 1.29 is 43.2 Å². The van der Waals surface area contributed by atoms with Crippen molar-refractivity contribution in [1.82, 2.24) is 24.3 Å². The molecule has 2 aromatic heterocycles. The van der Waals surface area contributed by atoms with E-state index in [0.717, 1.165) is 23.3 Å². The molecule has 1 amide bonds. The molecule has 0 radical (unpaired) electrons. The van der Waals surface area contributed by atoms with Crippen LogP contribution in [0.1, 0.15) is 100 Å². The number of fused-ring (bicyclic) bond motifs is 1. The van der Waals surface area contributed by atoms with Crippen LogP contribution in [0.2, 0.25) is 0 Å². The van der Waals surface area contributed by atoms with Gasteiger partial charge in [-0.3, -0.25) is 14.6 Å². The van der Waals surface area contributed by atoms with Gasteiger partial charge in [0.05, 0.1) is 35.9 Å². The first-order chi connectivity index (χ1) is 27.8. The Morgan fingerprint density at radius 1 is 1.12 bits per heavy atom. The predicted octanol–water partition coefficient (Wildman–Crippen LogP) is 6.48. The molecule has 0 saturated carbocycles. The third-order valence-electron chi connectivity index (χ3n) is 13.5. The number of nitrogens with zero attached hydrogens (tertiary/aromatic N) is 5. The summed E-state index contributed by atoms with van der Waals surface area (Å²) >= 11 is 0. The summed E-state index contributed by atoms with van der Waals surface area (Å²) in [6.07, 6.45) is 5.54. The number of hydrogen-bond acceptors (Lipinski definition) is 12. The second kappa shape index (κ2) is 18.9. The van der Waals surface area contributed by atoms with Crippen molar-refractivity contribution in [2.24, 2.45) is 23.7 Å². The van der Waals surface area contributed by atoms with Crippen LogP contribution in [0.4, 0.5) is 4.79 Å². The largest absolute Gasteiger partial charge is 0.458 e. The zero-order valence-corrected chi connectivity index (χ0v) is 37.3. The van der Waals surface area contributed by atoms with Crippen molar-refractivity contribution in [2.75, 3.05) is 27.7 Å². The number of amides is 1. The maximum Gasteiger partial charge on any atom is 0.410 e. The number of carbonyl (C=O) groups excluding carboxylic acids is 3. The maximum atomic E-state index is 14.4. The molecule has 3 aliphatic heterocycles. The van der Waals surface area contributed by atoms with E-state index in [2.05, 4.69) is 35.0 Å². The second-order valence-electron chi connectivity index (χ2n) is 18.0. The molecule has 14 nitrogen and oxygen atoms in total. The highest BCUT2D eigenvalue weighted by Gasteiger charge is 2.59. The van der Waals surface area contributed by atoms with Crippen LogP contribution in [0.5, 0.6) is 0 Å². The quantitative estimate of drug-likeness (QED) is 0.150. The number of methoxy groups -OCH3 is 1. The molecule has 59 heavy (non-hydrogen) atoms.